The van der Waals surface area contributed by atoms with Gasteiger partial charge >= 0.3 is 0 Å². The number of nitrogens with two attached hydrogens (primary N) is 2. The van der Waals surface area contributed by atoms with E-state index in [2.05, 4.69) is 16.8 Å². The van der Waals surface area contributed by atoms with Crippen LogP contribution in [0.15, 0.2) is 4.99 Å². The molecule has 0 radical (unpaired) electrons. The fourth-order valence-corrected chi connectivity index (χ4v) is 1.94. The molecule has 0 bridgehead atoms. The average molecular weight is 198 g/mol. The second kappa shape index (κ2) is 5.86. The van der Waals surface area contributed by atoms with Gasteiger partial charge in [-0.25, -0.2) is 4.99 Å². The highest BCUT2D eigenvalue weighted by Crippen LogP contribution is 2.12. The van der Waals surface area contributed by atoms with Crippen LogP contribution in [0.25, 0.3) is 0 Å². The molecule has 1 fully saturated rings. The van der Waals surface area contributed by atoms with Crippen LogP contribution in [-0.4, -0.2) is 30.1 Å². The summed E-state index contributed by atoms with van der Waals surface area (Å²) in [4.78, 5) is 6.53. The van der Waals surface area contributed by atoms with Crippen LogP contribution in [0.2, 0.25) is 0 Å². The molecule has 1 aliphatic heterocycles. The molecule has 0 aromatic rings. The Morgan fingerprint density at radius 1 is 1.07 bits per heavy atom. The smallest absolute Gasteiger partial charge is 0.187 e. The van der Waals surface area contributed by atoms with Crippen LogP contribution >= 0.6 is 0 Å². The van der Waals surface area contributed by atoms with Crippen molar-refractivity contribution in [1.29, 1.82) is 0 Å². The maximum atomic E-state index is 5.37. The molecular weight excluding hydrogens is 176 g/mol. The van der Waals surface area contributed by atoms with Gasteiger partial charge in [-0.2, -0.15) is 0 Å². The van der Waals surface area contributed by atoms with E-state index in [-0.39, 0.29) is 12.1 Å². The second-order valence-corrected chi connectivity index (χ2v) is 3.99. The maximum absolute atomic E-state index is 5.37. The van der Waals surface area contributed by atoms with Gasteiger partial charge in [-0.3, -0.25) is 4.90 Å². The molecule has 4 heteroatoms. The fraction of sp³-hybridized carbons (Fsp3) is 0.900. The molecule has 1 unspecified atom stereocenters. The number of likely N-dealkylation sites (tertiary alicyclic amines) is 1. The van der Waals surface area contributed by atoms with Gasteiger partial charge in [0.1, 0.15) is 6.17 Å². The van der Waals surface area contributed by atoms with Gasteiger partial charge in [0, 0.05) is 13.1 Å². The topological polar surface area (TPSA) is 67.6 Å². The van der Waals surface area contributed by atoms with E-state index in [1.165, 1.54) is 32.1 Å². The lowest BCUT2D eigenvalue weighted by atomic mass is 10.1. The Morgan fingerprint density at radius 3 is 2.07 bits per heavy atom. The zero-order valence-corrected chi connectivity index (χ0v) is 9.08. The standard InChI is InChI=1S/C10H22N4/c1-9(13-10(11)12)14-7-5-3-2-4-6-8-14/h9H,2-8H2,1H3,(H4,11,12,13). The molecule has 0 aromatic carbocycles. The molecule has 4 N–H and O–H groups in total. The van der Waals surface area contributed by atoms with E-state index in [4.69, 9.17) is 11.5 Å². The van der Waals surface area contributed by atoms with Gasteiger partial charge in [0.15, 0.2) is 5.96 Å². The molecule has 0 aliphatic carbocycles. The Hall–Kier alpha value is -0.770. The minimum atomic E-state index is 0.137. The third-order valence-electron chi connectivity index (χ3n) is 2.76. The normalized spacial score (nSPS) is 22.1. The molecule has 1 heterocycles. The van der Waals surface area contributed by atoms with Crippen LogP contribution in [0.5, 0.6) is 0 Å². The van der Waals surface area contributed by atoms with Crippen molar-refractivity contribution in [2.75, 3.05) is 13.1 Å². The van der Waals surface area contributed by atoms with Crippen molar-refractivity contribution < 1.29 is 0 Å². The van der Waals surface area contributed by atoms with E-state index < -0.39 is 0 Å². The molecule has 4 nitrogen and oxygen atoms in total. The van der Waals surface area contributed by atoms with E-state index >= 15 is 0 Å². The monoisotopic (exact) mass is 198 g/mol. The number of guanidine groups is 1. The fourth-order valence-electron chi connectivity index (χ4n) is 1.94. The first-order valence-corrected chi connectivity index (χ1v) is 5.53. The number of aliphatic imine (C=N–C) groups is 1. The summed E-state index contributed by atoms with van der Waals surface area (Å²) in [5.74, 6) is 0.194. The molecule has 82 valence electrons. The minimum Gasteiger partial charge on any atom is -0.370 e. The van der Waals surface area contributed by atoms with Crippen molar-refractivity contribution >= 4 is 5.96 Å². The summed E-state index contributed by atoms with van der Waals surface area (Å²) in [6, 6.07) is 0. The zero-order valence-electron chi connectivity index (χ0n) is 9.08. The van der Waals surface area contributed by atoms with Crippen molar-refractivity contribution in [1.82, 2.24) is 4.90 Å². The summed E-state index contributed by atoms with van der Waals surface area (Å²) < 4.78 is 0. The van der Waals surface area contributed by atoms with Gasteiger partial charge in [-0.05, 0) is 19.8 Å². The van der Waals surface area contributed by atoms with Crippen LogP contribution in [0, 0.1) is 0 Å². The van der Waals surface area contributed by atoms with Crippen LogP contribution in [-0.2, 0) is 0 Å². The second-order valence-electron chi connectivity index (χ2n) is 3.99. The minimum absolute atomic E-state index is 0.137. The predicted octanol–water partition coefficient (Wildman–Crippen LogP) is 0.872. The quantitative estimate of drug-likeness (QED) is 0.511. The molecule has 1 saturated heterocycles. The lowest BCUT2D eigenvalue weighted by molar-refractivity contribution is 0.195. The molecular formula is C10H22N4. The van der Waals surface area contributed by atoms with Crippen molar-refractivity contribution in [2.24, 2.45) is 16.5 Å². The highest BCUT2D eigenvalue weighted by Gasteiger charge is 2.13. The number of rotatable bonds is 2. The van der Waals surface area contributed by atoms with Gasteiger partial charge in [0.05, 0.1) is 0 Å². The van der Waals surface area contributed by atoms with Crippen LogP contribution in [0.4, 0.5) is 0 Å². The van der Waals surface area contributed by atoms with Crippen LogP contribution < -0.4 is 11.5 Å². The average Bonchev–Trinajstić information content (AvgIpc) is 2.00. The van der Waals surface area contributed by atoms with E-state index in [0.717, 1.165) is 13.1 Å². The van der Waals surface area contributed by atoms with E-state index in [1.54, 1.807) is 0 Å². The molecule has 14 heavy (non-hydrogen) atoms. The van der Waals surface area contributed by atoms with Crippen molar-refractivity contribution in [3.05, 3.63) is 0 Å². The first kappa shape index (κ1) is 11.3. The van der Waals surface area contributed by atoms with E-state index in [0.29, 0.717) is 0 Å². The first-order chi connectivity index (χ1) is 6.70. The Bertz CT molecular complexity index is 179. The molecule has 1 rings (SSSR count). The third-order valence-corrected chi connectivity index (χ3v) is 2.76. The Morgan fingerprint density at radius 2 is 1.57 bits per heavy atom. The summed E-state index contributed by atoms with van der Waals surface area (Å²) in [6.07, 6.45) is 6.73. The SMILES string of the molecule is CC(N=C(N)N)N1CCCCCCC1. The Balaban J connectivity index is 2.42. The van der Waals surface area contributed by atoms with E-state index in [1.807, 2.05) is 0 Å². The molecule has 1 atom stereocenters. The molecule has 1 aliphatic rings. The number of nitrogens with zero attached hydrogens (tertiary/aromatic N) is 2. The van der Waals surface area contributed by atoms with Gasteiger partial charge < -0.3 is 11.5 Å². The van der Waals surface area contributed by atoms with Gasteiger partial charge in [-0.1, -0.05) is 19.3 Å². The van der Waals surface area contributed by atoms with Crippen LogP contribution in [0.3, 0.4) is 0 Å². The molecule has 0 amide bonds. The molecule has 0 spiro atoms. The molecule has 0 saturated carbocycles. The number of hydrogen-bond acceptors (Lipinski definition) is 2. The maximum Gasteiger partial charge on any atom is 0.187 e. The third kappa shape index (κ3) is 3.96. The van der Waals surface area contributed by atoms with Gasteiger partial charge in [0.25, 0.3) is 0 Å². The Labute approximate surface area is 86.4 Å². The van der Waals surface area contributed by atoms with Gasteiger partial charge in [0.2, 0.25) is 0 Å². The van der Waals surface area contributed by atoms with Crippen molar-refractivity contribution in [2.45, 2.75) is 45.2 Å². The summed E-state index contributed by atoms with van der Waals surface area (Å²) in [6.45, 7) is 4.30. The predicted molar refractivity (Wildman–Crippen MR) is 59.9 cm³/mol. The largest absolute Gasteiger partial charge is 0.370 e. The van der Waals surface area contributed by atoms with Crippen LogP contribution in [0.1, 0.15) is 39.0 Å². The van der Waals surface area contributed by atoms with E-state index in [9.17, 15) is 0 Å². The zero-order chi connectivity index (χ0) is 10.4. The van der Waals surface area contributed by atoms with Crippen molar-refractivity contribution in [3.63, 3.8) is 0 Å². The summed E-state index contributed by atoms with van der Waals surface area (Å²) in [5, 5.41) is 0. The molecule has 0 aromatic heterocycles. The summed E-state index contributed by atoms with van der Waals surface area (Å²) >= 11 is 0. The Kier molecular flexibility index (Phi) is 4.73. The lowest BCUT2D eigenvalue weighted by Gasteiger charge is -2.28. The highest BCUT2D eigenvalue weighted by molar-refractivity contribution is 5.75. The lowest BCUT2D eigenvalue weighted by Crippen LogP contribution is -2.37. The summed E-state index contributed by atoms with van der Waals surface area (Å²) in [5.41, 5.74) is 10.7. The highest BCUT2D eigenvalue weighted by atomic mass is 15.2. The first-order valence-electron chi connectivity index (χ1n) is 5.53. The number of hydrogen-bond donors (Lipinski definition) is 2. The summed E-state index contributed by atoms with van der Waals surface area (Å²) in [7, 11) is 0. The van der Waals surface area contributed by atoms with Gasteiger partial charge in [-0.15, -0.1) is 0 Å². The van der Waals surface area contributed by atoms with Crippen molar-refractivity contribution in [3.8, 4) is 0 Å².